The fourth-order valence-electron chi connectivity index (χ4n) is 3.25. The van der Waals surface area contributed by atoms with Crippen LogP contribution in [0.4, 0.5) is 0 Å². The minimum atomic E-state index is 0.704. The monoisotopic (exact) mass is 275 g/mol. The predicted octanol–water partition coefficient (Wildman–Crippen LogP) is 4.28. The molecule has 0 unspecified atom stereocenters. The number of hydrogen-bond acceptors (Lipinski definition) is 2. The smallest absolute Gasteiger partial charge is 0.0713 e. The number of methoxy groups -OCH3 is 1. The van der Waals surface area contributed by atoms with Gasteiger partial charge >= 0.3 is 0 Å². The lowest BCUT2D eigenvalue weighted by Crippen LogP contribution is -2.32. The molecule has 2 heteroatoms. The normalized spacial score (nSPS) is 22.9. The number of ether oxygens (including phenoxy) is 1. The van der Waals surface area contributed by atoms with Crippen molar-refractivity contribution in [3.8, 4) is 0 Å². The Hall–Kier alpha value is -0.860. The van der Waals surface area contributed by atoms with Crippen LogP contribution in [0, 0.1) is 5.92 Å². The van der Waals surface area contributed by atoms with Crippen LogP contribution in [-0.2, 0) is 17.9 Å². The van der Waals surface area contributed by atoms with Gasteiger partial charge in [-0.15, -0.1) is 0 Å². The van der Waals surface area contributed by atoms with E-state index in [1.807, 2.05) is 0 Å². The average molecular weight is 275 g/mol. The van der Waals surface area contributed by atoms with Crippen molar-refractivity contribution in [3.05, 3.63) is 35.4 Å². The Morgan fingerprint density at radius 1 is 1.05 bits per heavy atom. The van der Waals surface area contributed by atoms with E-state index in [0.717, 1.165) is 18.5 Å². The highest BCUT2D eigenvalue weighted by Gasteiger charge is 2.19. The highest BCUT2D eigenvalue weighted by atomic mass is 16.5. The third kappa shape index (κ3) is 4.92. The molecule has 1 aliphatic rings. The Balaban J connectivity index is 1.70. The average Bonchev–Trinajstić information content (AvgIpc) is 2.49. The molecule has 0 amide bonds. The second kappa shape index (κ2) is 8.43. The van der Waals surface area contributed by atoms with Gasteiger partial charge in [-0.05, 0) is 42.7 Å². The first kappa shape index (κ1) is 15.5. The summed E-state index contributed by atoms with van der Waals surface area (Å²) in [5.41, 5.74) is 2.62. The molecule has 1 aliphatic carbocycles. The van der Waals surface area contributed by atoms with Crippen molar-refractivity contribution in [1.29, 1.82) is 0 Å². The van der Waals surface area contributed by atoms with Crippen LogP contribution < -0.4 is 5.32 Å². The molecular formula is C18H29NO. The van der Waals surface area contributed by atoms with Gasteiger partial charge in [-0.3, -0.25) is 0 Å². The molecule has 1 N–H and O–H groups in total. The third-order valence-corrected chi connectivity index (χ3v) is 4.47. The zero-order valence-electron chi connectivity index (χ0n) is 13.0. The minimum Gasteiger partial charge on any atom is -0.380 e. The van der Waals surface area contributed by atoms with E-state index in [1.54, 1.807) is 7.11 Å². The Kier molecular flexibility index (Phi) is 6.55. The van der Waals surface area contributed by atoms with Crippen LogP contribution in [0.1, 0.15) is 56.6 Å². The van der Waals surface area contributed by atoms with Crippen molar-refractivity contribution in [3.63, 3.8) is 0 Å². The molecule has 1 aromatic rings. The van der Waals surface area contributed by atoms with Crippen molar-refractivity contribution in [2.75, 3.05) is 7.11 Å². The summed E-state index contributed by atoms with van der Waals surface area (Å²) in [5.74, 6) is 0.992. The second-order valence-corrected chi connectivity index (χ2v) is 6.14. The van der Waals surface area contributed by atoms with Crippen molar-refractivity contribution in [1.82, 2.24) is 5.32 Å². The predicted molar refractivity (Wildman–Crippen MR) is 84.6 cm³/mol. The lowest BCUT2D eigenvalue weighted by molar-refractivity contribution is 0.185. The van der Waals surface area contributed by atoms with E-state index in [4.69, 9.17) is 4.74 Å². The van der Waals surface area contributed by atoms with Crippen LogP contribution in [0.25, 0.3) is 0 Å². The summed E-state index contributed by atoms with van der Waals surface area (Å²) in [6.45, 7) is 4.00. The van der Waals surface area contributed by atoms with E-state index in [9.17, 15) is 0 Å². The summed E-state index contributed by atoms with van der Waals surface area (Å²) in [4.78, 5) is 0. The molecule has 0 heterocycles. The molecule has 0 saturated heterocycles. The number of hydrogen-bond donors (Lipinski definition) is 1. The van der Waals surface area contributed by atoms with Gasteiger partial charge in [0, 0.05) is 19.7 Å². The summed E-state index contributed by atoms with van der Waals surface area (Å²) in [6, 6.07) is 9.48. The molecule has 0 aromatic heterocycles. The fraction of sp³-hybridized carbons (Fsp3) is 0.667. The topological polar surface area (TPSA) is 21.3 Å². The van der Waals surface area contributed by atoms with Crippen molar-refractivity contribution in [2.24, 2.45) is 5.92 Å². The van der Waals surface area contributed by atoms with Crippen molar-refractivity contribution < 1.29 is 4.74 Å². The van der Waals surface area contributed by atoms with E-state index >= 15 is 0 Å². The van der Waals surface area contributed by atoms with Crippen LogP contribution >= 0.6 is 0 Å². The van der Waals surface area contributed by atoms with Gasteiger partial charge in [0.1, 0.15) is 0 Å². The maximum Gasteiger partial charge on any atom is 0.0713 e. The first-order valence-corrected chi connectivity index (χ1v) is 8.12. The van der Waals surface area contributed by atoms with Gasteiger partial charge in [-0.1, -0.05) is 44.0 Å². The maximum atomic E-state index is 5.14. The van der Waals surface area contributed by atoms with Gasteiger partial charge in [0.15, 0.2) is 0 Å². The third-order valence-electron chi connectivity index (χ3n) is 4.47. The van der Waals surface area contributed by atoms with Gasteiger partial charge in [-0.25, -0.2) is 0 Å². The quantitative estimate of drug-likeness (QED) is 0.802. The molecule has 1 fully saturated rings. The Morgan fingerprint density at radius 2 is 1.70 bits per heavy atom. The molecule has 0 spiro atoms. The van der Waals surface area contributed by atoms with Gasteiger partial charge in [-0.2, -0.15) is 0 Å². The maximum absolute atomic E-state index is 5.14. The molecule has 1 aromatic carbocycles. The molecular weight excluding hydrogens is 246 g/mol. The molecule has 0 atom stereocenters. The van der Waals surface area contributed by atoms with Gasteiger partial charge in [0.2, 0.25) is 0 Å². The molecule has 20 heavy (non-hydrogen) atoms. The largest absolute Gasteiger partial charge is 0.380 e. The summed E-state index contributed by atoms with van der Waals surface area (Å²) in [6.07, 6.45) is 8.31. The van der Waals surface area contributed by atoms with E-state index < -0.39 is 0 Å². The summed E-state index contributed by atoms with van der Waals surface area (Å²) in [7, 11) is 1.74. The molecule has 1 saturated carbocycles. The van der Waals surface area contributed by atoms with Gasteiger partial charge < -0.3 is 10.1 Å². The lowest BCUT2D eigenvalue weighted by Gasteiger charge is -2.29. The summed E-state index contributed by atoms with van der Waals surface area (Å²) in [5, 5.41) is 3.72. The van der Waals surface area contributed by atoms with E-state index in [1.165, 1.54) is 49.7 Å². The Labute approximate surface area is 123 Å². The van der Waals surface area contributed by atoms with Gasteiger partial charge in [0.25, 0.3) is 0 Å². The van der Waals surface area contributed by atoms with E-state index in [0.29, 0.717) is 6.61 Å². The highest BCUT2D eigenvalue weighted by molar-refractivity contribution is 5.22. The van der Waals surface area contributed by atoms with Crippen LogP contribution in [0.15, 0.2) is 24.3 Å². The van der Waals surface area contributed by atoms with Gasteiger partial charge in [0.05, 0.1) is 6.61 Å². The second-order valence-electron chi connectivity index (χ2n) is 6.14. The van der Waals surface area contributed by atoms with E-state index in [-0.39, 0.29) is 0 Å². The zero-order chi connectivity index (χ0) is 14.2. The van der Waals surface area contributed by atoms with E-state index in [2.05, 4.69) is 36.5 Å². The Morgan fingerprint density at radius 3 is 2.30 bits per heavy atom. The molecule has 2 rings (SSSR count). The first-order chi connectivity index (χ1) is 9.81. The molecule has 2 nitrogen and oxygen atoms in total. The van der Waals surface area contributed by atoms with Crippen LogP contribution in [0.2, 0.25) is 0 Å². The number of rotatable bonds is 7. The molecule has 112 valence electrons. The minimum absolute atomic E-state index is 0.704. The standard InChI is InChI=1S/C18H29NO/c1-3-4-15-9-11-18(12-10-15)19-13-16-5-7-17(8-6-16)14-20-2/h5-8,15,18-19H,3-4,9-14H2,1-2H3. The van der Waals surface area contributed by atoms with Crippen LogP contribution in [0.3, 0.4) is 0 Å². The van der Waals surface area contributed by atoms with Crippen molar-refractivity contribution >= 4 is 0 Å². The van der Waals surface area contributed by atoms with Crippen LogP contribution in [-0.4, -0.2) is 13.2 Å². The SMILES string of the molecule is CCCC1CCC(NCc2ccc(COC)cc2)CC1. The highest BCUT2D eigenvalue weighted by Crippen LogP contribution is 2.27. The molecule has 0 aliphatic heterocycles. The lowest BCUT2D eigenvalue weighted by atomic mass is 9.83. The fourth-order valence-corrected chi connectivity index (χ4v) is 3.25. The number of benzene rings is 1. The zero-order valence-corrected chi connectivity index (χ0v) is 13.0. The summed E-state index contributed by atoms with van der Waals surface area (Å²) < 4.78 is 5.14. The molecule has 0 radical (unpaired) electrons. The summed E-state index contributed by atoms with van der Waals surface area (Å²) >= 11 is 0. The molecule has 0 bridgehead atoms. The first-order valence-electron chi connectivity index (χ1n) is 8.12. The van der Waals surface area contributed by atoms with Crippen molar-refractivity contribution in [2.45, 2.75) is 64.6 Å². The van der Waals surface area contributed by atoms with Crippen LogP contribution in [0.5, 0.6) is 0 Å². The Bertz CT molecular complexity index is 366. The number of nitrogens with one attached hydrogen (secondary N) is 1.